The number of benzene rings is 1. The Bertz CT molecular complexity index is 938. The van der Waals surface area contributed by atoms with Gasteiger partial charge >= 0.3 is 0 Å². The number of rotatable bonds is 8. The second-order valence-electron chi connectivity index (χ2n) is 6.04. The number of furan rings is 1. The molecule has 0 unspecified atom stereocenters. The van der Waals surface area contributed by atoms with Crippen molar-refractivity contribution in [2.45, 2.75) is 19.9 Å². The number of amides is 1. The summed E-state index contributed by atoms with van der Waals surface area (Å²) in [6, 6.07) is 7.38. The smallest absolute Gasteiger partial charge is 0.226 e. The average molecular weight is 402 g/mol. The van der Waals surface area contributed by atoms with Gasteiger partial charge in [0.1, 0.15) is 5.76 Å². The molecule has 0 aliphatic heterocycles. The fourth-order valence-corrected chi connectivity index (χ4v) is 3.50. The van der Waals surface area contributed by atoms with Crippen molar-refractivity contribution in [2.24, 2.45) is 0 Å². The largest absolute Gasteiger partial charge is 0.493 e. The van der Waals surface area contributed by atoms with Gasteiger partial charge in [0.15, 0.2) is 22.3 Å². The number of hydrogen-bond donors (Lipinski definition) is 1. The second kappa shape index (κ2) is 8.79. The lowest BCUT2D eigenvalue weighted by atomic mass is 10.1. The zero-order valence-electron chi connectivity index (χ0n) is 16.2. The lowest BCUT2D eigenvalue weighted by molar-refractivity contribution is -0.120. The van der Waals surface area contributed by atoms with Gasteiger partial charge in [0.05, 0.1) is 33.4 Å². The van der Waals surface area contributed by atoms with Crippen molar-refractivity contribution < 1.29 is 23.4 Å². The highest BCUT2D eigenvalue weighted by molar-refractivity contribution is 7.13. The summed E-state index contributed by atoms with van der Waals surface area (Å²) in [5.41, 5.74) is 1.55. The van der Waals surface area contributed by atoms with E-state index in [0.717, 1.165) is 16.3 Å². The number of aryl methyl sites for hydroxylation is 1. The summed E-state index contributed by atoms with van der Waals surface area (Å²) >= 11 is 1.45. The molecule has 0 saturated heterocycles. The molecule has 28 heavy (non-hydrogen) atoms. The summed E-state index contributed by atoms with van der Waals surface area (Å²) in [5.74, 6) is 3.03. The Morgan fingerprint density at radius 1 is 1.14 bits per heavy atom. The zero-order chi connectivity index (χ0) is 20.1. The normalized spacial score (nSPS) is 10.6. The Hall–Kier alpha value is -3.00. The van der Waals surface area contributed by atoms with Crippen LogP contribution in [0.4, 0.5) is 0 Å². The van der Waals surface area contributed by atoms with Gasteiger partial charge in [-0.3, -0.25) is 4.79 Å². The molecule has 3 aromatic rings. The van der Waals surface area contributed by atoms with Crippen LogP contribution < -0.4 is 19.5 Å². The number of thiazole rings is 1. The molecule has 1 amide bonds. The minimum atomic E-state index is -0.124. The first kappa shape index (κ1) is 19.8. The van der Waals surface area contributed by atoms with Crippen molar-refractivity contribution in [1.29, 1.82) is 0 Å². The summed E-state index contributed by atoms with van der Waals surface area (Å²) in [6.07, 6.45) is 0.195. The molecule has 0 spiro atoms. The Balaban J connectivity index is 1.62. The standard InChI is InChI=1S/C20H22N2O5S/c1-12-5-6-15(27-12)20-22-14(11-28-20)9-18(23)21-10-13-7-16(24-2)19(26-4)17(8-13)25-3/h5-8,11H,9-10H2,1-4H3,(H,21,23). The third-order valence-electron chi connectivity index (χ3n) is 4.06. The average Bonchev–Trinajstić information content (AvgIpc) is 3.34. The SMILES string of the molecule is COc1cc(CNC(=O)Cc2csc(-c3ccc(C)o3)n2)cc(OC)c1OC. The Morgan fingerprint density at radius 3 is 2.43 bits per heavy atom. The van der Waals surface area contributed by atoms with Crippen molar-refractivity contribution >= 4 is 17.2 Å². The quantitative estimate of drug-likeness (QED) is 0.620. The summed E-state index contributed by atoms with van der Waals surface area (Å²) in [5, 5.41) is 5.52. The van der Waals surface area contributed by atoms with Crippen LogP contribution in [0.25, 0.3) is 10.8 Å². The third kappa shape index (κ3) is 4.45. The maximum absolute atomic E-state index is 12.3. The van der Waals surface area contributed by atoms with Crippen LogP contribution in [0.15, 0.2) is 34.1 Å². The van der Waals surface area contributed by atoms with Crippen LogP contribution in [-0.4, -0.2) is 32.2 Å². The van der Waals surface area contributed by atoms with Gasteiger partial charge < -0.3 is 23.9 Å². The maximum Gasteiger partial charge on any atom is 0.226 e. The number of carbonyl (C=O) groups is 1. The van der Waals surface area contributed by atoms with E-state index < -0.39 is 0 Å². The lowest BCUT2D eigenvalue weighted by Gasteiger charge is -2.14. The van der Waals surface area contributed by atoms with Gasteiger partial charge in [-0.2, -0.15) is 0 Å². The molecule has 2 heterocycles. The number of ether oxygens (including phenoxy) is 3. The van der Waals surface area contributed by atoms with E-state index in [1.54, 1.807) is 21.3 Å². The number of methoxy groups -OCH3 is 3. The highest BCUT2D eigenvalue weighted by Crippen LogP contribution is 2.38. The number of nitrogens with zero attached hydrogens (tertiary/aromatic N) is 1. The summed E-state index contributed by atoms with van der Waals surface area (Å²) in [4.78, 5) is 16.8. The molecular formula is C20H22N2O5S. The van der Waals surface area contributed by atoms with Crippen molar-refractivity contribution in [3.8, 4) is 28.0 Å². The highest BCUT2D eigenvalue weighted by atomic mass is 32.1. The summed E-state index contributed by atoms with van der Waals surface area (Å²) in [7, 11) is 4.66. The van der Waals surface area contributed by atoms with Crippen LogP contribution in [0.2, 0.25) is 0 Å². The zero-order valence-corrected chi connectivity index (χ0v) is 17.0. The molecule has 148 valence electrons. The molecule has 0 radical (unpaired) electrons. The minimum absolute atomic E-state index is 0.124. The third-order valence-corrected chi connectivity index (χ3v) is 4.96. The molecule has 7 nitrogen and oxygen atoms in total. The number of nitrogens with one attached hydrogen (secondary N) is 1. The van der Waals surface area contributed by atoms with Crippen LogP contribution in [0.5, 0.6) is 17.2 Å². The molecule has 0 saturated carbocycles. The minimum Gasteiger partial charge on any atom is -0.493 e. The van der Waals surface area contributed by atoms with Crippen LogP contribution in [-0.2, 0) is 17.8 Å². The van der Waals surface area contributed by atoms with Crippen LogP contribution >= 0.6 is 11.3 Å². The number of carbonyl (C=O) groups excluding carboxylic acids is 1. The predicted octanol–water partition coefficient (Wildman–Crippen LogP) is 3.60. The fraction of sp³-hybridized carbons (Fsp3) is 0.300. The van der Waals surface area contributed by atoms with E-state index in [1.807, 2.05) is 36.6 Å². The fourth-order valence-electron chi connectivity index (χ4n) is 2.72. The van der Waals surface area contributed by atoms with Crippen molar-refractivity contribution in [3.05, 3.63) is 46.7 Å². The molecule has 1 aromatic carbocycles. The Morgan fingerprint density at radius 2 is 1.86 bits per heavy atom. The van der Waals surface area contributed by atoms with Gasteiger partial charge in [-0.15, -0.1) is 11.3 Å². The van der Waals surface area contributed by atoms with E-state index in [-0.39, 0.29) is 12.3 Å². The van der Waals surface area contributed by atoms with Gasteiger partial charge in [-0.1, -0.05) is 0 Å². The van der Waals surface area contributed by atoms with E-state index in [9.17, 15) is 4.79 Å². The predicted molar refractivity (Wildman–Crippen MR) is 106 cm³/mol. The molecule has 2 aromatic heterocycles. The summed E-state index contributed by atoms with van der Waals surface area (Å²) < 4.78 is 21.5. The van der Waals surface area contributed by atoms with Gasteiger partial charge in [0, 0.05) is 11.9 Å². The monoisotopic (exact) mass is 402 g/mol. The molecule has 0 aliphatic carbocycles. The van der Waals surface area contributed by atoms with Crippen molar-refractivity contribution in [2.75, 3.05) is 21.3 Å². The first-order chi connectivity index (χ1) is 13.5. The van der Waals surface area contributed by atoms with Crippen LogP contribution in [0.1, 0.15) is 17.0 Å². The summed E-state index contributed by atoms with van der Waals surface area (Å²) in [6.45, 7) is 2.22. The Labute approximate surface area is 167 Å². The van der Waals surface area contributed by atoms with Gasteiger partial charge in [-0.25, -0.2) is 4.98 Å². The topological polar surface area (TPSA) is 82.8 Å². The molecule has 0 bridgehead atoms. The van der Waals surface area contributed by atoms with Gasteiger partial charge in [0.25, 0.3) is 0 Å². The van der Waals surface area contributed by atoms with E-state index in [2.05, 4.69) is 10.3 Å². The molecule has 0 atom stereocenters. The van der Waals surface area contributed by atoms with E-state index in [0.29, 0.717) is 35.2 Å². The highest BCUT2D eigenvalue weighted by Gasteiger charge is 2.15. The van der Waals surface area contributed by atoms with Crippen molar-refractivity contribution in [1.82, 2.24) is 10.3 Å². The van der Waals surface area contributed by atoms with E-state index >= 15 is 0 Å². The molecule has 3 rings (SSSR count). The lowest BCUT2D eigenvalue weighted by Crippen LogP contribution is -2.24. The van der Waals surface area contributed by atoms with Crippen LogP contribution in [0, 0.1) is 6.92 Å². The molecular weight excluding hydrogens is 380 g/mol. The molecule has 1 N–H and O–H groups in total. The number of aromatic nitrogens is 1. The molecule has 8 heteroatoms. The first-order valence-corrected chi connectivity index (χ1v) is 9.48. The van der Waals surface area contributed by atoms with Gasteiger partial charge in [0.2, 0.25) is 11.7 Å². The van der Waals surface area contributed by atoms with Crippen molar-refractivity contribution in [3.63, 3.8) is 0 Å². The number of hydrogen-bond acceptors (Lipinski definition) is 7. The molecule has 0 aliphatic rings. The first-order valence-electron chi connectivity index (χ1n) is 8.60. The molecule has 0 fully saturated rings. The van der Waals surface area contributed by atoms with E-state index in [1.165, 1.54) is 11.3 Å². The van der Waals surface area contributed by atoms with Gasteiger partial charge in [-0.05, 0) is 36.8 Å². The maximum atomic E-state index is 12.3. The van der Waals surface area contributed by atoms with Crippen LogP contribution in [0.3, 0.4) is 0 Å². The second-order valence-corrected chi connectivity index (χ2v) is 6.90. The Kier molecular flexibility index (Phi) is 6.20. The van der Waals surface area contributed by atoms with E-state index in [4.69, 9.17) is 18.6 Å².